The third-order valence-electron chi connectivity index (χ3n) is 15.7. The van der Waals surface area contributed by atoms with Gasteiger partial charge in [0.1, 0.15) is 6.61 Å². The van der Waals surface area contributed by atoms with E-state index in [0.717, 1.165) is 180 Å². The molecule has 0 aliphatic rings. The predicted molar refractivity (Wildman–Crippen MR) is 440 cm³/mol. The van der Waals surface area contributed by atoms with Gasteiger partial charge in [-0.25, -0.2) is 4.57 Å². The van der Waals surface area contributed by atoms with Crippen LogP contribution in [0.2, 0.25) is 0 Å². The zero-order valence-corrected chi connectivity index (χ0v) is 64.4. The fourth-order valence-corrected chi connectivity index (χ4v) is 10.8. The predicted octanol–water partition coefficient (Wildman–Crippen LogP) is 27.1. The molecule has 0 radical (unpaired) electrons. The molecule has 0 aromatic rings. The first kappa shape index (κ1) is 94.8. The highest BCUT2D eigenvalue weighted by atomic mass is 31.2. The van der Waals surface area contributed by atoms with Crippen molar-refractivity contribution in [1.82, 2.24) is 0 Å². The zero-order valence-electron chi connectivity index (χ0n) is 63.5. The number of allylic oxidation sites excluding steroid dienone is 40. The lowest BCUT2D eigenvalue weighted by atomic mass is 10.0. The molecule has 0 aliphatic carbocycles. The minimum absolute atomic E-state index is 0.0398. The van der Waals surface area contributed by atoms with Gasteiger partial charge in [-0.1, -0.05) is 347 Å². The number of hydrogen-bond donors (Lipinski definition) is 2. The lowest BCUT2D eigenvalue weighted by Gasteiger charge is -2.19. The number of esters is 2. The average molecular weight is 1410 g/mol. The molecular formula is C91H142NO8P. The van der Waals surface area contributed by atoms with Gasteiger partial charge >= 0.3 is 19.8 Å². The Bertz CT molecular complexity index is 2570. The summed E-state index contributed by atoms with van der Waals surface area (Å²) in [7, 11) is -4.42. The van der Waals surface area contributed by atoms with Gasteiger partial charge in [0.25, 0.3) is 0 Å². The number of nitrogens with two attached hydrogens (primary N) is 1. The number of unbranched alkanes of at least 4 members (excludes halogenated alkanes) is 18. The Labute approximate surface area is 618 Å². The molecular weight excluding hydrogens is 1270 g/mol. The fraction of sp³-hybridized carbons (Fsp3) is 0.538. The smallest absolute Gasteiger partial charge is 0.462 e. The molecule has 0 rings (SSSR count). The molecule has 0 heterocycles. The van der Waals surface area contributed by atoms with Crippen LogP contribution in [0.1, 0.15) is 284 Å². The fourth-order valence-electron chi connectivity index (χ4n) is 9.99. The number of ether oxygens (including phenoxy) is 2. The van der Waals surface area contributed by atoms with Gasteiger partial charge in [0.2, 0.25) is 0 Å². The molecule has 0 amide bonds. The van der Waals surface area contributed by atoms with Crippen LogP contribution in [0.3, 0.4) is 0 Å². The lowest BCUT2D eigenvalue weighted by molar-refractivity contribution is -0.161. The molecule has 0 bridgehead atoms. The molecule has 0 aromatic heterocycles. The van der Waals surface area contributed by atoms with Crippen molar-refractivity contribution in [3.8, 4) is 0 Å². The van der Waals surface area contributed by atoms with Gasteiger partial charge in [-0.15, -0.1) is 0 Å². The van der Waals surface area contributed by atoms with E-state index in [1.54, 1.807) is 0 Å². The molecule has 9 nitrogen and oxygen atoms in total. The molecule has 0 saturated heterocycles. The Morgan fingerprint density at radius 3 is 0.762 bits per heavy atom. The van der Waals surface area contributed by atoms with Gasteiger partial charge in [0, 0.05) is 19.4 Å². The summed E-state index contributed by atoms with van der Waals surface area (Å²) >= 11 is 0. The van der Waals surface area contributed by atoms with Crippen LogP contribution in [0, 0.1) is 0 Å². The number of rotatable bonds is 71. The third kappa shape index (κ3) is 82.7. The first-order valence-electron chi connectivity index (χ1n) is 39.5. The minimum Gasteiger partial charge on any atom is -0.462 e. The van der Waals surface area contributed by atoms with Crippen LogP contribution in [0.5, 0.6) is 0 Å². The van der Waals surface area contributed by atoms with Crippen molar-refractivity contribution in [3.63, 3.8) is 0 Å². The van der Waals surface area contributed by atoms with Crippen LogP contribution in [0.15, 0.2) is 243 Å². The molecule has 0 saturated carbocycles. The van der Waals surface area contributed by atoms with E-state index in [0.29, 0.717) is 12.8 Å². The van der Waals surface area contributed by atoms with E-state index in [1.807, 2.05) is 0 Å². The molecule has 564 valence electrons. The first-order valence-corrected chi connectivity index (χ1v) is 41.0. The van der Waals surface area contributed by atoms with E-state index in [1.165, 1.54) is 64.2 Å². The van der Waals surface area contributed by atoms with Gasteiger partial charge in [0.15, 0.2) is 6.10 Å². The topological polar surface area (TPSA) is 134 Å². The number of hydrogen-bond acceptors (Lipinski definition) is 8. The Morgan fingerprint density at radius 1 is 0.297 bits per heavy atom. The van der Waals surface area contributed by atoms with E-state index in [9.17, 15) is 19.0 Å². The highest BCUT2D eigenvalue weighted by Gasteiger charge is 2.26. The van der Waals surface area contributed by atoms with Gasteiger partial charge < -0.3 is 20.1 Å². The second-order valence-corrected chi connectivity index (χ2v) is 26.6. The van der Waals surface area contributed by atoms with Crippen molar-refractivity contribution < 1.29 is 37.6 Å². The SMILES string of the molecule is CC/C=C\C/C=C\C/C=C\C/C=C\C/C=C\C/C=C\C/C=C\C/C=C\C/C=C\C/C=C\CCCCCCCCCCCCC(=O)OC(COC(=O)CCCCCCCCCC/C=C\C/C=C\C/C=C\C/C=C\C/C=C\C/C=C\C/C=C\C/C=C\C/C=C\C/C=C\CC)COP(=O)(O)OCCN. The molecule has 2 unspecified atom stereocenters. The van der Waals surface area contributed by atoms with Crippen LogP contribution in [-0.4, -0.2) is 49.3 Å². The molecule has 0 fully saturated rings. The highest BCUT2D eigenvalue weighted by molar-refractivity contribution is 7.47. The molecule has 0 spiro atoms. The summed E-state index contributed by atoms with van der Waals surface area (Å²) in [5, 5.41) is 0. The van der Waals surface area contributed by atoms with Crippen LogP contribution >= 0.6 is 7.82 Å². The number of carbonyl (C=O) groups is 2. The van der Waals surface area contributed by atoms with Crippen molar-refractivity contribution in [2.75, 3.05) is 26.4 Å². The van der Waals surface area contributed by atoms with Crippen LogP contribution in [0.4, 0.5) is 0 Å². The van der Waals surface area contributed by atoms with Crippen molar-refractivity contribution in [2.45, 2.75) is 290 Å². The summed E-state index contributed by atoms with van der Waals surface area (Å²) in [5.74, 6) is -0.856. The number of phosphoric acid groups is 1. The third-order valence-corrected chi connectivity index (χ3v) is 16.7. The largest absolute Gasteiger partial charge is 0.472 e. The summed E-state index contributed by atoms with van der Waals surface area (Å²) in [5.41, 5.74) is 5.41. The molecule has 0 aliphatic heterocycles. The average Bonchev–Trinajstić information content (AvgIpc) is 1.04. The molecule has 2 atom stereocenters. The highest BCUT2D eigenvalue weighted by Crippen LogP contribution is 2.43. The number of phosphoric ester groups is 1. The standard InChI is InChI=1S/C91H142NO8P/c1-3-5-7-9-11-13-15-17-19-21-23-25-27-29-31-33-35-37-39-41-43-44-46-48-50-52-54-56-58-60-62-64-66-68-70-72-74-76-78-80-82-84-91(94)100-89(88-99-101(95,96)98-86-85-92)87-97-90(93)83-81-79-77-75-73-71-69-67-65-63-61-59-57-55-53-51-49-47-45-42-40-38-36-34-32-30-28-26-24-22-20-18-16-14-12-10-8-6-4-2/h5-8,11-14,17-20,23-26,29-32,35-38,41-43,45-46,48-49,51-52,54-55,57-58,60-61,63,89H,3-4,9-10,15-16,21-22,27-28,33-34,39-40,44,47,50,53,56,59,62,64-88,92H2,1-2H3,(H,95,96)/b7-5-,8-6-,13-11-,14-12-,19-17-,20-18-,25-23-,26-24-,31-29-,32-30-,37-35-,38-36-,43-41-,45-42-,48-46-,51-49-,54-52-,57-55-,60-58-,63-61-. The van der Waals surface area contributed by atoms with E-state index < -0.39 is 32.5 Å². The number of carbonyl (C=O) groups excluding carboxylic acids is 2. The van der Waals surface area contributed by atoms with Gasteiger partial charge in [0.05, 0.1) is 13.2 Å². The molecule has 3 N–H and O–H groups in total. The van der Waals surface area contributed by atoms with Crippen LogP contribution in [-0.2, 0) is 32.7 Å². The summed E-state index contributed by atoms with van der Waals surface area (Å²) in [4.78, 5) is 35.5. The van der Waals surface area contributed by atoms with E-state index in [2.05, 4.69) is 257 Å². The van der Waals surface area contributed by atoms with Crippen LogP contribution in [0.25, 0.3) is 0 Å². The van der Waals surface area contributed by atoms with Crippen LogP contribution < -0.4 is 5.73 Å². The summed E-state index contributed by atoms with van der Waals surface area (Å²) in [6, 6.07) is 0. The van der Waals surface area contributed by atoms with Gasteiger partial charge in [-0.2, -0.15) is 0 Å². The van der Waals surface area contributed by atoms with Crippen molar-refractivity contribution in [1.29, 1.82) is 0 Å². The maximum Gasteiger partial charge on any atom is 0.472 e. The van der Waals surface area contributed by atoms with E-state index >= 15 is 0 Å². The van der Waals surface area contributed by atoms with Crippen molar-refractivity contribution in [3.05, 3.63) is 243 Å². The maximum absolute atomic E-state index is 12.8. The Kier molecular flexibility index (Phi) is 77.7. The summed E-state index contributed by atoms with van der Waals surface area (Å²) in [6.45, 7) is 3.48. The summed E-state index contributed by atoms with van der Waals surface area (Å²) < 4.78 is 33.2. The first-order chi connectivity index (χ1) is 49.8. The van der Waals surface area contributed by atoms with Gasteiger partial charge in [-0.05, 0) is 167 Å². The molecule has 101 heavy (non-hydrogen) atoms. The second-order valence-electron chi connectivity index (χ2n) is 25.1. The Morgan fingerprint density at radius 2 is 0.515 bits per heavy atom. The zero-order chi connectivity index (χ0) is 72.9. The van der Waals surface area contributed by atoms with Gasteiger partial charge in [-0.3, -0.25) is 18.6 Å². The lowest BCUT2D eigenvalue weighted by Crippen LogP contribution is -2.29. The quantitative estimate of drug-likeness (QED) is 0.0264. The maximum atomic E-state index is 12.8. The van der Waals surface area contributed by atoms with Crippen molar-refractivity contribution in [2.24, 2.45) is 5.73 Å². The normalized spacial score (nSPS) is 14.2. The van der Waals surface area contributed by atoms with Crippen molar-refractivity contribution >= 4 is 19.8 Å². The minimum atomic E-state index is -4.42. The Hall–Kier alpha value is -6.19. The Balaban J connectivity index is 3.98. The monoisotopic (exact) mass is 1410 g/mol. The molecule has 10 heteroatoms. The van der Waals surface area contributed by atoms with E-state index in [4.69, 9.17) is 24.3 Å². The molecule has 0 aromatic carbocycles. The summed E-state index contributed by atoms with van der Waals surface area (Å²) in [6.07, 6.45) is 131. The van der Waals surface area contributed by atoms with E-state index in [-0.39, 0.29) is 32.6 Å². The second kappa shape index (κ2) is 82.8.